The molecule has 1 aromatic heterocycles. The SMILES string of the molecule is CC[N+](CC)(CC)CC.[Br-].c1ccoc1. The van der Waals surface area contributed by atoms with Gasteiger partial charge in [0, 0.05) is 0 Å². The third kappa shape index (κ3) is 6.74. The Morgan fingerprint density at radius 1 is 0.800 bits per heavy atom. The van der Waals surface area contributed by atoms with E-state index in [0.717, 1.165) is 0 Å². The standard InChI is InChI=1S/C8H20N.C4H4O.BrH/c1-5-9(6-2,7-3)8-4;1-2-4-5-3-1;/h5-8H2,1-4H3;1-4H;1H/q+1;;/p-1. The van der Waals surface area contributed by atoms with E-state index in [0.29, 0.717) is 0 Å². The van der Waals surface area contributed by atoms with Crippen LogP contribution >= 0.6 is 0 Å². The minimum Gasteiger partial charge on any atom is -1.00 e. The molecule has 0 amide bonds. The van der Waals surface area contributed by atoms with E-state index in [4.69, 9.17) is 0 Å². The van der Waals surface area contributed by atoms with Crippen LogP contribution in [0.25, 0.3) is 0 Å². The van der Waals surface area contributed by atoms with Crippen molar-refractivity contribution < 1.29 is 25.9 Å². The van der Waals surface area contributed by atoms with Gasteiger partial charge in [-0.25, -0.2) is 0 Å². The second-order valence-electron chi connectivity index (χ2n) is 3.40. The summed E-state index contributed by atoms with van der Waals surface area (Å²) in [6, 6.07) is 3.67. The molecule has 0 aliphatic carbocycles. The van der Waals surface area contributed by atoms with Gasteiger partial charge in [-0.15, -0.1) is 0 Å². The maximum atomic E-state index is 4.58. The van der Waals surface area contributed by atoms with Gasteiger partial charge in [0.05, 0.1) is 38.7 Å². The molecule has 0 saturated heterocycles. The minimum absolute atomic E-state index is 0. The van der Waals surface area contributed by atoms with Crippen LogP contribution in [0.1, 0.15) is 27.7 Å². The monoisotopic (exact) mass is 277 g/mol. The van der Waals surface area contributed by atoms with E-state index in [-0.39, 0.29) is 17.0 Å². The van der Waals surface area contributed by atoms with Crippen LogP contribution in [0.15, 0.2) is 29.1 Å². The third-order valence-corrected chi connectivity index (χ3v) is 3.11. The Hall–Kier alpha value is -0.280. The Morgan fingerprint density at radius 2 is 1.13 bits per heavy atom. The molecule has 0 spiro atoms. The molecule has 0 N–H and O–H groups in total. The number of halogens is 1. The van der Waals surface area contributed by atoms with Crippen molar-refractivity contribution >= 4 is 0 Å². The van der Waals surface area contributed by atoms with Gasteiger partial charge in [0.1, 0.15) is 0 Å². The number of quaternary nitrogens is 1. The Bertz CT molecular complexity index is 161. The average Bonchev–Trinajstić information content (AvgIpc) is 2.80. The highest BCUT2D eigenvalue weighted by Crippen LogP contribution is 2.03. The first-order chi connectivity index (χ1) is 6.74. The van der Waals surface area contributed by atoms with Crippen LogP contribution in [0.2, 0.25) is 0 Å². The molecule has 0 aromatic carbocycles. The Morgan fingerprint density at radius 3 is 1.20 bits per heavy atom. The maximum absolute atomic E-state index is 4.58. The number of nitrogens with zero attached hydrogens (tertiary/aromatic N) is 1. The van der Waals surface area contributed by atoms with Gasteiger partial charge < -0.3 is 25.9 Å². The van der Waals surface area contributed by atoms with Crippen molar-refractivity contribution in [2.75, 3.05) is 26.2 Å². The maximum Gasteiger partial charge on any atom is 0.0902 e. The van der Waals surface area contributed by atoms with Gasteiger partial charge in [-0.05, 0) is 39.8 Å². The van der Waals surface area contributed by atoms with Crippen molar-refractivity contribution in [2.45, 2.75) is 27.7 Å². The van der Waals surface area contributed by atoms with Gasteiger partial charge >= 0.3 is 0 Å². The van der Waals surface area contributed by atoms with Crippen LogP contribution in [0.5, 0.6) is 0 Å². The normalized spacial score (nSPS) is 9.87. The number of hydrogen-bond donors (Lipinski definition) is 0. The molecule has 0 aliphatic heterocycles. The van der Waals surface area contributed by atoms with Crippen molar-refractivity contribution in [3.63, 3.8) is 0 Å². The van der Waals surface area contributed by atoms with Crippen LogP contribution in [0, 0.1) is 0 Å². The van der Waals surface area contributed by atoms with Crippen molar-refractivity contribution in [2.24, 2.45) is 0 Å². The largest absolute Gasteiger partial charge is 1.00 e. The highest BCUT2D eigenvalue weighted by molar-refractivity contribution is 4.79. The van der Waals surface area contributed by atoms with Crippen LogP contribution in [0.3, 0.4) is 0 Å². The zero-order valence-corrected chi connectivity index (χ0v) is 12.0. The predicted molar refractivity (Wildman–Crippen MR) is 61.1 cm³/mol. The number of hydrogen-bond acceptors (Lipinski definition) is 1. The molecule has 0 bridgehead atoms. The summed E-state index contributed by atoms with van der Waals surface area (Å²) in [4.78, 5) is 0. The van der Waals surface area contributed by atoms with Crippen LogP contribution < -0.4 is 17.0 Å². The van der Waals surface area contributed by atoms with E-state index >= 15 is 0 Å². The lowest BCUT2D eigenvalue weighted by Gasteiger charge is -2.34. The highest BCUT2D eigenvalue weighted by Gasteiger charge is 2.16. The Kier molecular flexibility index (Phi) is 11.7. The molecule has 0 atom stereocenters. The summed E-state index contributed by atoms with van der Waals surface area (Å²) in [5, 5.41) is 0. The third-order valence-electron chi connectivity index (χ3n) is 3.11. The van der Waals surface area contributed by atoms with Crippen molar-refractivity contribution in [3.05, 3.63) is 24.7 Å². The summed E-state index contributed by atoms with van der Waals surface area (Å²) in [6.45, 7) is 14.2. The fraction of sp³-hybridized carbons (Fsp3) is 0.667. The fourth-order valence-electron chi connectivity index (χ4n) is 1.57. The van der Waals surface area contributed by atoms with Gasteiger partial charge in [0.15, 0.2) is 0 Å². The zero-order chi connectivity index (χ0) is 10.9. The Balaban J connectivity index is 0. The Labute approximate surface area is 105 Å². The number of furan rings is 1. The summed E-state index contributed by atoms with van der Waals surface area (Å²) in [6.07, 6.45) is 3.25. The molecule has 2 nitrogen and oxygen atoms in total. The van der Waals surface area contributed by atoms with Crippen molar-refractivity contribution in [1.29, 1.82) is 0 Å². The van der Waals surface area contributed by atoms with Crippen molar-refractivity contribution in [3.8, 4) is 0 Å². The van der Waals surface area contributed by atoms with E-state index in [1.54, 1.807) is 12.5 Å². The molecular weight excluding hydrogens is 254 g/mol. The van der Waals surface area contributed by atoms with Crippen LogP contribution in [0.4, 0.5) is 0 Å². The quantitative estimate of drug-likeness (QED) is 0.716. The fourth-order valence-corrected chi connectivity index (χ4v) is 1.57. The molecule has 0 radical (unpaired) electrons. The van der Waals surface area contributed by atoms with E-state index in [9.17, 15) is 0 Å². The summed E-state index contributed by atoms with van der Waals surface area (Å²) in [5.74, 6) is 0. The summed E-state index contributed by atoms with van der Waals surface area (Å²) >= 11 is 0. The molecule has 1 heterocycles. The molecule has 0 saturated carbocycles. The summed E-state index contributed by atoms with van der Waals surface area (Å²) < 4.78 is 5.86. The molecule has 1 aromatic rings. The summed E-state index contributed by atoms with van der Waals surface area (Å²) in [7, 11) is 0. The summed E-state index contributed by atoms with van der Waals surface area (Å²) in [5.41, 5.74) is 0. The molecule has 15 heavy (non-hydrogen) atoms. The average molecular weight is 278 g/mol. The van der Waals surface area contributed by atoms with Gasteiger partial charge in [0.2, 0.25) is 0 Å². The van der Waals surface area contributed by atoms with Crippen LogP contribution in [-0.2, 0) is 0 Å². The molecular formula is C12H24BrNO. The molecule has 90 valence electrons. The van der Waals surface area contributed by atoms with Gasteiger partial charge in [0.25, 0.3) is 0 Å². The van der Waals surface area contributed by atoms with E-state index in [2.05, 4.69) is 32.1 Å². The number of rotatable bonds is 4. The minimum atomic E-state index is 0. The van der Waals surface area contributed by atoms with E-state index in [1.807, 2.05) is 12.1 Å². The topological polar surface area (TPSA) is 13.1 Å². The van der Waals surface area contributed by atoms with Crippen LogP contribution in [-0.4, -0.2) is 30.7 Å². The van der Waals surface area contributed by atoms with Gasteiger partial charge in [-0.1, -0.05) is 0 Å². The molecule has 0 fully saturated rings. The second kappa shape index (κ2) is 10.2. The van der Waals surface area contributed by atoms with Crippen molar-refractivity contribution in [1.82, 2.24) is 0 Å². The predicted octanol–water partition coefficient (Wildman–Crippen LogP) is 0.166. The lowest BCUT2D eigenvalue weighted by atomic mass is 10.3. The zero-order valence-electron chi connectivity index (χ0n) is 10.4. The van der Waals surface area contributed by atoms with E-state index < -0.39 is 0 Å². The lowest BCUT2D eigenvalue weighted by Crippen LogP contribution is -3.00. The first kappa shape index (κ1) is 17.1. The molecule has 0 unspecified atom stereocenters. The molecule has 0 aliphatic rings. The molecule has 1 rings (SSSR count). The molecule has 3 heteroatoms. The first-order valence-corrected chi connectivity index (χ1v) is 5.56. The smallest absolute Gasteiger partial charge is 0.0902 e. The van der Waals surface area contributed by atoms with Gasteiger partial charge in [-0.3, -0.25) is 0 Å². The van der Waals surface area contributed by atoms with Gasteiger partial charge in [-0.2, -0.15) is 0 Å². The van der Waals surface area contributed by atoms with E-state index in [1.165, 1.54) is 30.7 Å². The highest BCUT2D eigenvalue weighted by atomic mass is 79.9. The lowest BCUT2D eigenvalue weighted by molar-refractivity contribution is -0.921. The second-order valence-corrected chi connectivity index (χ2v) is 3.40. The first-order valence-electron chi connectivity index (χ1n) is 5.56.